The Bertz CT molecular complexity index is 952. The summed E-state index contributed by atoms with van der Waals surface area (Å²) in [6, 6.07) is 10.4. The van der Waals surface area contributed by atoms with Crippen LogP contribution in [0.25, 0.3) is 0 Å². The molecule has 1 aromatic carbocycles. The number of piperidine rings is 1. The smallest absolute Gasteiger partial charge is 0.319 e. The Kier molecular flexibility index (Phi) is 7.64. The number of ether oxygens (including phenoxy) is 2. The Balaban J connectivity index is 1.42. The molecule has 3 amide bonds. The van der Waals surface area contributed by atoms with Crippen molar-refractivity contribution in [3.63, 3.8) is 0 Å². The second kappa shape index (κ2) is 10.8. The Labute approximate surface area is 197 Å². The highest BCUT2D eigenvalue weighted by molar-refractivity contribution is 6.30. The zero-order valence-corrected chi connectivity index (χ0v) is 19.2. The number of urea groups is 1. The molecule has 0 spiro atoms. The third-order valence-electron chi connectivity index (χ3n) is 5.86. The third-order valence-corrected chi connectivity index (χ3v) is 6.11. The van der Waals surface area contributed by atoms with Gasteiger partial charge in [-0.15, -0.1) is 0 Å². The van der Waals surface area contributed by atoms with E-state index in [0.717, 1.165) is 5.69 Å². The molecule has 3 N–H and O–H groups in total. The first-order valence-electron chi connectivity index (χ1n) is 10.9. The van der Waals surface area contributed by atoms with Crippen molar-refractivity contribution in [1.82, 2.24) is 20.5 Å². The molecule has 0 saturated carbocycles. The van der Waals surface area contributed by atoms with E-state index in [4.69, 9.17) is 21.1 Å². The average molecular weight is 474 g/mol. The van der Waals surface area contributed by atoms with Crippen molar-refractivity contribution in [3.8, 4) is 5.75 Å². The van der Waals surface area contributed by atoms with Crippen LogP contribution in [0.15, 0.2) is 42.6 Å². The maximum Gasteiger partial charge on any atom is 0.319 e. The SMILES string of the molecule is COc1ccc(C2CN(CC(=O)NC3COC3)CCC2NC(=O)Nc2ccc(Cl)cc2)nc1. The van der Waals surface area contributed by atoms with Crippen LogP contribution in [0.4, 0.5) is 10.5 Å². The Morgan fingerprint density at radius 3 is 2.61 bits per heavy atom. The first-order valence-corrected chi connectivity index (χ1v) is 11.3. The molecular weight excluding hydrogens is 446 g/mol. The van der Waals surface area contributed by atoms with Crippen molar-refractivity contribution in [2.45, 2.75) is 24.4 Å². The summed E-state index contributed by atoms with van der Waals surface area (Å²) in [4.78, 5) is 31.7. The zero-order valence-electron chi connectivity index (χ0n) is 18.4. The van der Waals surface area contributed by atoms with E-state index in [1.807, 2.05) is 12.1 Å². The monoisotopic (exact) mass is 473 g/mol. The second-order valence-corrected chi connectivity index (χ2v) is 8.70. The highest BCUT2D eigenvalue weighted by Crippen LogP contribution is 2.27. The van der Waals surface area contributed by atoms with Gasteiger partial charge in [0, 0.05) is 41.5 Å². The first-order chi connectivity index (χ1) is 16.0. The molecule has 2 unspecified atom stereocenters. The van der Waals surface area contributed by atoms with E-state index < -0.39 is 0 Å². The summed E-state index contributed by atoms with van der Waals surface area (Å²) in [5.41, 5.74) is 1.50. The number of nitrogens with one attached hydrogen (secondary N) is 3. The number of aromatic nitrogens is 1. The van der Waals surface area contributed by atoms with Gasteiger partial charge in [-0.1, -0.05) is 11.6 Å². The Morgan fingerprint density at radius 2 is 1.97 bits per heavy atom. The van der Waals surface area contributed by atoms with E-state index in [9.17, 15) is 9.59 Å². The minimum Gasteiger partial charge on any atom is -0.495 e. The van der Waals surface area contributed by atoms with Crippen LogP contribution in [0.3, 0.4) is 0 Å². The topological polar surface area (TPSA) is 105 Å². The van der Waals surface area contributed by atoms with Crippen molar-refractivity contribution in [2.24, 2.45) is 0 Å². The number of benzene rings is 1. The number of likely N-dealkylation sites (tertiary alicyclic amines) is 1. The molecule has 9 nitrogen and oxygen atoms in total. The summed E-state index contributed by atoms with van der Waals surface area (Å²) < 4.78 is 10.3. The number of carbonyl (C=O) groups excluding carboxylic acids is 2. The fourth-order valence-electron chi connectivity index (χ4n) is 4.03. The fourth-order valence-corrected chi connectivity index (χ4v) is 4.16. The predicted molar refractivity (Wildman–Crippen MR) is 125 cm³/mol. The number of amides is 3. The summed E-state index contributed by atoms with van der Waals surface area (Å²) >= 11 is 5.92. The average Bonchev–Trinajstić information content (AvgIpc) is 2.79. The summed E-state index contributed by atoms with van der Waals surface area (Å²) in [7, 11) is 1.59. The number of hydrogen-bond donors (Lipinski definition) is 3. The van der Waals surface area contributed by atoms with Crippen molar-refractivity contribution >= 4 is 29.2 Å². The lowest BCUT2D eigenvalue weighted by molar-refractivity contribution is -0.126. The van der Waals surface area contributed by atoms with E-state index >= 15 is 0 Å². The molecule has 2 atom stereocenters. The number of hydrogen-bond acceptors (Lipinski definition) is 6. The van der Waals surface area contributed by atoms with Crippen LogP contribution in [0.2, 0.25) is 5.02 Å². The second-order valence-electron chi connectivity index (χ2n) is 8.27. The Hall–Kier alpha value is -2.88. The largest absolute Gasteiger partial charge is 0.495 e. The molecule has 33 heavy (non-hydrogen) atoms. The van der Waals surface area contributed by atoms with Gasteiger partial charge in [-0.25, -0.2) is 4.79 Å². The molecule has 0 aliphatic carbocycles. The lowest BCUT2D eigenvalue weighted by atomic mass is 9.88. The lowest BCUT2D eigenvalue weighted by Crippen LogP contribution is -2.55. The number of carbonyl (C=O) groups is 2. The summed E-state index contributed by atoms with van der Waals surface area (Å²) in [6.45, 7) is 2.72. The number of pyridine rings is 1. The highest BCUT2D eigenvalue weighted by atomic mass is 35.5. The van der Waals surface area contributed by atoms with Gasteiger partial charge in [0.15, 0.2) is 0 Å². The van der Waals surface area contributed by atoms with E-state index in [0.29, 0.717) is 55.7 Å². The summed E-state index contributed by atoms with van der Waals surface area (Å²) in [5, 5.41) is 9.52. The lowest BCUT2D eigenvalue weighted by Gasteiger charge is -2.38. The van der Waals surface area contributed by atoms with E-state index in [2.05, 4.69) is 25.8 Å². The zero-order chi connectivity index (χ0) is 23.2. The molecule has 1 aromatic heterocycles. The van der Waals surface area contributed by atoms with Gasteiger partial charge in [0.1, 0.15) is 5.75 Å². The maximum absolute atomic E-state index is 12.7. The van der Waals surface area contributed by atoms with Crippen LogP contribution in [0.1, 0.15) is 18.0 Å². The molecule has 3 heterocycles. The van der Waals surface area contributed by atoms with Crippen LogP contribution >= 0.6 is 11.6 Å². The van der Waals surface area contributed by atoms with Gasteiger partial charge in [-0.05, 0) is 42.8 Å². The van der Waals surface area contributed by atoms with Crippen molar-refractivity contribution in [1.29, 1.82) is 0 Å². The van der Waals surface area contributed by atoms with Gasteiger partial charge in [0.25, 0.3) is 0 Å². The van der Waals surface area contributed by atoms with Crippen molar-refractivity contribution in [3.05, 3.63) is 53.3 Å². The van der Waals surface area contributed by atoms with Crippen molar-refractivity contribution in [2.75, 3.05) is 45.3 Å². The molecule has 2 saturated heterocycles. The minimum absolute atomic E-state index is 0.0170. The summed E-state index contributed by atoms with van der Waals surface area (Å²) in [6.07, 6.45) is 2.36. The van der Waals surface area contributed by atoms with Gasteiger partial charge in [-0.2, -0.15) is 0 Å². The number of halogens is 1. The van der Waals surface area contributed by atoms with Crippen LogP contribution in [0, 0.1) is 0 Å². The molecule has 2 aromatic rings. The quantitative estimate of drug-likeness (QED) is 0.569. The molecule has 4 rings (SSSR count). The number of methoxy groups -OCH3 is 1. The molecule has 176 valence electrons. The molecule has 2 aliphatic heterocycles. The normalized spacial score (nSPS) is 21.0. The van der Waals surface area contributed by atoms with Crippen LogP contribution in [0.5, 0.6) is 5.75 Å². The number of rotatable bonds is 7. The van der Waals surface area contributed by atoms with Crippen LogP contribution in [-0.4, -0.2) is 73.9 Å². The van der Waals surface area contributed by atoms with Crippen LogP contribution in [-0.2, 0) is 9.53 Å². The van der Waals surface area contributed by atoms with Crippen LogP contribution < -0.4 is 20.7 Å². The molecule has 0 bridgehead atoms. The van der Waals surface area contributed by atoms with Crippen molar-refractivity contribution < 1.29 is 19.1 Å². The number of nitrogens with zero attached hydrogens (tertiary/aromatic N) is 2. The number of anilines is 1. The highest BCUT2D eigenvalue weighted by Gasteiger charge is 2.33. The third kappa shape index (κ3) is 6.34. The fraction of sp³-hybridized carbons (Fsp3) is 0.435. The molecule has 10 heteroatoms. The first kappa shape index (κ1) is 23.3. The molecule has 2 aliphatic rings. The van der Waals surface area contributed by atoms with E-state index in [1.54, 1.807) is 37.6 Å². The minimum atomic E-state index is -0.294. The Morgan fingerprint density at radius 1 is 1.18 bits per heavy atom. The standard InChI is InChI=1S/C23H28ClN5O4/c1-32-18-6-7-20(25-10-18)19-11-29(12-22(30)26-17-13-33-14-17)9-8-21(19)28-23(31)27-16-4-2-15(24)3-5-16/h2-7,10,17,19,21H,8-9,11-14H2,1H3,(H,26,30)(H2,27,28,31). The predicted octanol–water partition coefficient (Wildman–Crippen LogP) is 2.24. The molecular formula is C23H28ClN5O4. The van der Waals surface area contributed by atoms with E-state index in [-0.39, 0.29) is 29.9 Å². The van der Waals surface area contributed by atoms with Gasteiger partial charge in [-0.3, -0.25) is 14.7 Å². The molecule has 2 fully saturated rings. The van der Waals surface area contributed by atoms with Gasteiger partial charge in [0.05, 0.1) is 39.1 Å². The maximum atomic E-state index is 12.7. The molecule has 0 radical (unpaired) electrons. The van der Waals surface area contributed by atoms with Gasteiger partial charge >= 0.3 is 6.03 Å². The van der Waals surface area contributed by atoms with Gasteiger partial charge in [0.2, 0.25) is 5.91 Å². The van der Waals surface area contributed by atoms with Gasteiger partial charge < -0.3 is 25.4 Å². The van der Waals surface area contributed by atoms with E-state index in [1.165, 1.54) is 0 Å². The summed E-state index contributed by atoms with van der Waals surface area (Å²) in [5.74, 6) is 0.565.